The second-order valence-electron chi connectivity index (χ2n) is 2.29. The van der Waals surface area contributed by atoms with Gasteiger partial charge in [-0.3, -0.25) is 0 Å². The molecular weight excluding hydrogens is 138 g/mol. The molecule has 0 saturated carbocycles. The quantitative estimate of drug-likeness (QED) is 0.637. The van der Waals surface area contributed by atoms with Gasteiger partial charge in [-0.15, -0.1) is 6.58 Å². The summed E-state index contributed by atoms with van der Waals surface area (Å²) in [5.74, 6) is 0.736. The van der Waals surface area contributed by atoms with Crippen LogP contribution < -0.4 is 5.73 Å². The van der Waals surface area contributed by atoms with E-state index in [0.29, 0.717) is 0 Å². The molecule has 0 aliphatic heterocycles. The fraction of sp³-hybridized carbons (Fsp3) is 0.250. The van der Waals surface area contributed by atoms with E-state index >= 15 is 0 Å². The molecule has 1 rings (SSSR count). The van der Waals surface area contributed by atoms with Crippen molar-refractivity contribution in [1.29, 1.82) is 0 Å². The Balaban J connectivity index is 2.95. The molecule has 0 amide bonds. The van der Waals surface area contributed by atoms with E-state index in [2.05, 4.69) is 16.5 Å². The van der Waals surface area contributed by atoms with Gasteiger partial charge in [0.05, 0.1) is 11.7 Å². The van der Waals surface area contributed by atoms with Gasteiger partial charge in [-0.2, -0.15) is 0 Å². The van der Waals surface area contributed by atoms with Crippen LogP contribution in [-0.2, 0) is 0 Å². The van der Waals surface area contributed by atoms with Crippen LogP contribution in [0.25, 0.3) is 0 Å². The summed E-state index contributed by atoms with van der Waals surface area (Å²) in [5.41, 5.74) is 6.47. The molecule has 1 aromatic heterocycles. The van der Waals surface area contributed by atoms with Crippen molar-refractivity contribution >= 4 is 0 Å². The van der Waals surface area contributed by atoms with Crippen LogP contribution in [0.3, 0.4) is 0 Å². The summed E-state index contributed by atoms with van der Waals surface area (Å²) in [4.78, 5) is 8.09. The monoisotopic (exact) mass is 149 g/mol. The third-order valence-corrected chi connectivity index (χ3v) is 1.39. The van der Waals surface area contributed by atoms with Crippen LogP contribution in [0.4, 0.5) is 0 Å². The van der Waals surface area contributed by atoms with Gasteiger partial charge in [0.25, 0.3) is 0 Å². The average molecular weight is 149 g/mol. The first-order valence-corrected chi connectivity index (χ1v) is 3.41. The normalized spacial score (nSPS) is 12.5. The summed E-state index contributed by atoms with van der Waals surface area (Å²) in [5, 5.41) is 0. The first kappa shape index (κ1) is 7.88. The molecule has 1 heterocycles. The highest BCUT2D eigenvalue weighted by molar-refractivity contribution is 5.11. The summed E-state index contributed by atoms with van der Waals surface area (Å²) in [6.07, 6.45) is 3.35. The molecular formula is C8H11N3. The summed E-state index contributed by atoms with van der Waals surface area (Å²) in [6, 6.07) is 1.61. The molecule has 2 N–H and O–H groups in total. The van der Waals surface area contributed by atoms with Crippen molar-refractivity contribution in [1.82, 2.24) is 9.97 Å². The predicted octanol–water partition coefficient (Wildman–Crippen LogP) is 0.971. The first-order valence-electron chi connectivity index (χ1n) is 3.41. The lowest BCUT2D eigenvalue weighted by Crippen LogP contribution is -2.09. The van der Waals surface area contributed by atoms with E-state index in [1.165, 1.54) is 0 Å². The standard InChI is InChI=1S/C8H11N3/c1-3-7(9)8-4-5-10-6(2)11-8/h3-5,7H,1,9H2,2H3. The summed E-state index contributed by atoms with van der Waals surface area (Å²) in [7, 11) is 0. The Kier molecular flexibility index (Phi) is 2.33. The third kappa shape index (κ3) is 1.85. The van der Waals surface area contributed by atoms with E-state index in [1.807, 2.05) is 6.92 Å². The molecule has 0 aliphatic carbocycles. The second kappa shape index (κ2) is 3.25. The zero-order chi connectivity index (χ0) is 8.27. The molecule has 1 unspecified atom stereocenters. The van der Waals surface area contributed by atoms with Crippen LogP contribution in [0.5, 0.6) is 0 Å². The Bertz CT molecular complexity index is 257. The number of aromatic nitrogens is 2. The minimum absolute atomic E-state index is 0.184. The fourth-order valence-electron chi connectivity index (χ4n) is 0.781. The van der Waals surface area contributed by atoms with E-state index in [9.17, 15) is 0 Å². The molecule has 0 bridgehead atoms. The van der Waals surface area contributed by atoms with Crippen LogP contribution in [0.1, 0.15) is 17.6 Å². The first-order chi connectivity index (χ1) is 5.24. The lowest BCUT2D eigenvalue weighted by atomic mass is 10.2. The SMILES string of the molecule is C=CC(N)c1ccnc(C)n1. The maximum absolute atomic E-state index is 5.65. The minimum atomic E-state index is -0.184. The molecule has 0 spiro atoms. The number of hydrogen-bond donors (Lipinski definition) is 1. The molecule has 0 radical (unpaired) electrons. The Morgan fingerprint density at radius 1 is 1.73 bits per heavy atom. The van der Waals surface area contributed by atoms with E-state index in [0.717, 1.165) is 11.5 Å². The van der Waals surface area contributed by atoms with Crippen LogP contribution in [0.2, 0.25) is 0 Å². The highest BCUT2D eigenvalue weighted by Gasteiger charge is 2.01. The largest absolute Gasteiger partial charge is 0.319 e. The van der Waals surface area contributed by atoms with Crippen molar-refractivity contribution in [3.63, 3.8) is 0 Å². The average Bonchev–Trinajstić information content (AvgIpc) is 2.03. The van der Waals surface area contributed by atoms with Gasteiger partial charge in [0.15, 0.2) is 0 Å². The minimum Gasteiger partial charge on any atom is -0.319 e. The van der Waals surface area contributed by atoms with Gasteiger partial charge in [-0.05, 0) is 13.0 Å². The molecule has 3 heteroatoms. The van der Waals surface area contributed by atoms with Crippen molar-refractivity contribution in [3.05, 3.63) is 36.4 Å². The smallest absolute Gasteiger partial charge is 0.125 e. The molecule has 1 atom stereocenters. The van der Waals surface area contributed by atoms with Crippen LogP contribution in [-0.4, -0.2) is 9.97 Å². The second-order valence-corrected chi connectivity index (χ2v) is 2.29. The maximum Gasteiger partial charge on any atom is 0.125 e. The summed E-state index contributed by atoms with van der Waals surface area (Å²) < 4.78 is 0. The van der Waals surface area contributed by atoms with Gasteiger partial charge in [0.1, 0.15) is 5.82 Å². The molecule has 0 saturated heterocycles. The van der Waals surface area contributed by atoms with Gasteiger partial charge < -0.3 is 5.73 Å². The lowest BCUT2D eigenvalue weighted by molar-refractivity contribution is 0.836. The van der Waals surface area contributed by atoms with Crippen molar-refractivity contribution in [2.24, 2.45) is 5.73 Å². The predicted molar refractivity (Wildman–Crippen MR) is 43.9 cm³/mol. The van der Waals surface area contributed by atoms with Gasteiger partial charge in [-0.25, -0.2) is 9.97 Å². The highest BCUT2D eigenvalue weighted by Crippen LogP contribution is 2.05. The van der Waals surface area contributed by atoms with Crippen molar-refractivity contribution in [2.45, 2.75) is 13.0 Å². The number of hydrogen-bond acceptors (Lipinski definition) is 3. The van der Waals surface area contributed by atoms with Gasteiger partial charge in [0.2, 0.25) is 0 Å². The Morgan fingerprint density at radius 2 is 2.45 bits per heavy atom. The van der Waals surface area contributed by atoms with Gasteiger partial charge in [0, 0.05) is 6.20 Å². The maximum atomic E-state index is 5.65. The number of rotatable bonds is 2. The molecule has 11 heavy (non-hydrogen) atoms. The molecule has 3 nitrogen and oxygen atoms in total. The van der Waals surface area contributed by atoms with Crippen molar-refractivity contribution in [2.75, 3.05) is 0 Å². The fourth-order valence-corrected chi connectivity index (χ4v) is 0.781. The molecule has 58 valence electrons. The Labute approximate surface area is 66.0 Å². The topological polar surface area (TPSA) is 51.8 Å². The van der Waals surface area contributed by atoms with E-state index in [-0.39, 0.29) is 6.04 Å². The van der Waals surface area contributed by atoms with Crippen LogP contribution in [0, 0.1) is 6.92 Å². The van der Waals surface area contributed by atoms with E-state index in [4.69, 9.17) is 5.73 Å². The van der Waals surface area contributed by atoms with Gasteiger partial charge >= 0.3 is 0 Å². The Morgan fingerprint density at radius 3 is 3.00 bits per heavy atom. The van der Waals surface area contributed by atoms with Crippen LogP contribution in [0.15, 0.2) is 24.9 Å². The number of nitrogens with zero attached hydrogens (tertiary/aromatic N) is 2. The highest BCUT2D eigenvalue weighted by atomic mass is 14.9. The summed E-state index contributed by atoms with van der Waals surface area (Å²) in [6.45, 7) is 5.41. The van der Waals surface area contributed by atoms with Gasteiger partial charge in [-0.1, -0.05) is 6.08 Å². The Hall–Kier alpha value is -1.22. The van der Waals surface area contributed by atoms with Crippen molar-refractivity contribution < 1.29 is 0 Å². The molecule has 0 fully saturated rings. The zero-order valence-corrected chi connectivity index (χ0v) is 6.49. The van der Waals surface area contributed by atoms with E-state index < -0.39 is 0 Å². The zero-order valence-electron chi connectivity index (χ0n) is 6.49. The van der Waals surface area contributed by atoms with Crippen molar-refractivity contribution in [3.8, 4) is 0 Å². The number of aryl methyl sites for hydroxylation is 1. The summed E-state index contributed by atoms with van der Waals surface area (Å²) >= 11 is 0. The lowest BCUT2D eigenvalue weighted by Gasteiger charge is -2.04. The molecule has 1 aromatic rings. The third-order valence-electron chi connectivity index (χ3n) is 1.39. The molecule has 0 aliphatic rings. The van der Waals surface area contributed by atoms with E-state index in [1.54, 1.807) is 18.3 Å². The number of nitrogens with two attached hydrogens (primary N) is 1. The molecule has 0 aromatic carbocycles. The van der Waals surface area contributed by atoms with Crippen LogP contribution >= 0.6 is 0 Å².